The minimum Gasteiger partial charge on any atom is -0.508 e. The van der Waals surface area contributed by atoms with Crippen molar-refractivity contribution >= 4 is 5.69 Å². The monoisotopic (exact) mass is 542 g/mol. The molecule has 0 amide bonds. The van der Waals surface area contributed by atoms with E-state index in [-0.39, 0.29) is 0 Å². The van der Waals surface area contributed by atoms with Crippen LogP contribution in [0.4, 0.5) is 5.69 Å². The zero-order valence-corrected chi connectivity index (χ0v) is 24.6. The molecule has 2 aliphatic rings. The number of nitrogens with zero attached hydrogens (tertiary/aromatic N) is 2. The molecule has 1 unspecified atom stereocenters. The van der Waals surface area contributed by atoms with Crippen LogP contribution in [0.5, 0.6) is 17.2 Å². The van der Waals surface area contributed by atoms with Gasteiger partial charge in [0.2, 0.25) is 0 Å². The van der Waals surface area contributed by atoms with Crippen LogP contribution in [0, 0.1) is 0 Å². The summed E-state index contributed by atoms with van der Waals surface area (Å²) in [5.74, 6) is 2.28. The molecule has 3 aromatic rings. The Labute approximate surface area is 240 Å². The molecule has 1 fully saturated rings. The molecule has 40 heavy (non-hydrogen) atoms. The lowest BCUT2D eigenvalue weighted by atomic mass is 9.79. The quantitative estimate of drug-likeness (QED) is 0.295. The number of phenols is 1. The van der Waals surface area contributed by atoms with Crippen LogP contribution in [0.1, 0.15) is 72.8 Å². The number of aryl methyl sites for hydroxylation is 1. The first-order valence-corrected chi connectivity index (χ1v) is 15.2. The first-order valence-electron chi connectivity index (χ1n) is 15.2. The molecule has 5 heteroatoms. The fraction of sp³-hybridized carbons (Fsp3) is 0.486. The van der Waals surface area contributed by atoms with Crippen molar-refractivity contribution in [1.82, 2.24) is 4.90 Å². The van der Waals surface area contributed by atoms with Gasteiger partial charge in [0.05, 0.1) is 14.2 Å². The molecule has 1 aliphatic heterocycles. The first kappa shape index (κ1) is 28.4. The SMILES string of the molecule is CCN(Cc1ccc(CCN2CCCCCC2)cc1)c1cc(OC)c(OC)cc1C1CCc2cc(O)ccc2C1. The van der Waals surface area contributed by atoms with Crippen molar-refractivity contribution in [3.05, 3.63) is 82.4 Å². The van der Waals surface area contributed by atoms with Gasteiger partial charge in [-0.25, -0.2) is 0 Å². The van der Waals surface area contributed by atoms with E-state index in [0.717, 1.165) is 50.3 Å². The number of phenolic OH excluding ortho intramolecular Hbond substituents is 1. The first-order chi connectivity index (χ1) is 19.6. The van der Waals surface area contributed by atoms with Crippen molar-refractivity contribution in [3.63, 3.8) is 0 Å². The fourth-order valence-corrected chi connectivity index (χ4v) is 6.54. The summed E-state index contributed by atoms with van der Waals surface area (Å²) in [4.78, 5) is 5.11. The Morgan fingerprint density at radius 1 is 0.850 bits per heavy atom. The van der Waals surface area contributed by atoms with Gasteiger partial charge in [-0.05, 0) is 110 Å². The fourth-order valence-electron chi connectivity index (χ4n) is 6.54. The highest BCUT2D eigenvalue weighted by atomic mass is 16.5. The zero-order chi connectivity index (χ0) is 27.9. The van der Waals surface area contributed by atoms with E-state index in [1.54, 1.807) is 14.2 Å². The number of ether oxygens (including phenoxy) is 2. The van der Waals surface area contributed by atoms with Gasteiger partial charge >= 0.3 is 0 Å². The Morgan fingerprint density at radius 3 is 2.25 bits per heavy atom. The summed E-state index contributed by atoms with van der Waals surface area (Å²) < 4.78 is 11.5. The maximum atomic E-state index is 9.96. The van der Waals surface area contributed by atoms with Crippen molar-refractivity contribution < 1.29 is 14.6 Å². The summed E-state index contributed by atoms with van der Waals surface area (Å²) in [5.41, 5.74) is 7.88. The van der Waals surface area contributed by atoms with E-state index >= 15 is 0 Å². The Morgan fingerprint density at radius 2 is 1.55 bits per heavy atom. The molecule has 0 spiro atoms. The molecule has 214 valence electrons. The van der Waals surface area contributed by atoms with Crippen LogP contribution in [0.15, 0.2) is 54.6 Å². The van der Waals surface area contributed by atoms with E-state index < -0.39 is 0 Å². The second-order valence-electron chi connectivity index (χ2n) is 11.5. The Balaban J connectivity index is 1.34. The minimum absolute atomic E-state index is 0.356. The normalized spacial score (nSPS) is 17.6. The molecule has 1 atom stereocenters. The summed E-state index contributed by atoms with van der Waals surface area (Å²) in [6.07, 6.45) is 9.57. The number of hydrogen-bond acceptors (Lipinski definition) is 5. The van der Waals surface area contributed by atoms with Crippen LogP contribution in [-0.2, 0) is 25.8 Å². The molecule has 3 aromatic carbocycles. The minimum atomic E-state index is 0.356. The highest BCUT2D eigenvalue weighted by molar-refractivity contribution is 5.64. The van der Waals surface area contributed by atoms with Crippen molar-refractivity contribution in [1.29, 1.82) is 0 Å². The molecular weight excluding hydrogens is 496 g/mol. The lowest BCUT2D eigenvalue weighted by molar-refractivity contribution is 0.289. The standard InChI is InChI=1S/C35H46N2O3/c1-4-37(25-27-11-9-26(10-12-27)17-20-36-18-7-5-6-8-19-36)33-24-35(40-3)34(39-2)23-32(33)30-14-13-29-22-31(38)16-15-28(29)21-30/h9-12,15-16,22-24,30,38H,4-8,13-14,17-21,25H2,1-3H3. The van der Waals surface area contributed by atoms with E-state index in [4.69, 9.17) is 9.47 Å². The Kier molecular flexibility index (Phi) is 9.53. The molecule has 1 aliphatic carbocycles. The van der Waals surface area contributed by atoms with Crippen LogP contribution >= 0.6 is 0 Å². The van der Waals surface area contributed by atoms with Gasteiger partial charge in [-0.2, -0.15) is 0 Å². The lowest BCUT2D eigenvalue weighted by Gasteiger charge is -2.32. The van der Waals surface area contributed by atoms with Gasteiger partial charge in [-0.3, -0.25) is 0 Å². The number of rotatable bonds is 10. The molecular formula is C35H46N2O3. The van der Waals surface area contributed by atoms with Crippen LogP contribution in [-0.4, -0.2) is 50.4 Å². The summed E-state index contributed by atoms with van der Waals surface area (Å²) in [5, 5.41) is 9.96. The molecule has 5 nitrogen and oxygen atoms in total. The molecule has 1 N–H and O–H groups in total. The third-order valence-electron chi connectivity index (χ3n) is 8.93. The second-order valence-corrected chi connectivity index (χ2v) is 11.5. The van der Waals surface area contributed by atoms with Gasteiger partial charge in [0, 0.05) is 31.4 Å². The second kappa shape index (κ2) is 13.5. The maximum Gasteiger partial charge on any atom is 0.162 e. The summed E-state index contributed by atoms with van der Waals surface area (Å²) in [6.45, 7) is 7.66. The molecule has 5 rings (SSSR count). The summed E-state index contributed by atoms with van der Waals surface area (Å²) in [7, 11) is 3.43. The van der Waals surface area contributed by atoms with Gasteiger partial charge in [0.1, 0.15) is 5.75 Å². The number of aromatic hydroxyl groups is 1. The number of benzene rings is 3. The molecule has 0 aromatic heterocycles. The van der Waals surface area contributed by atoms with Crippen LogP contribution in [0.3, 0.4) is 0 Å². The number of anilines is 1. The topological polar surface area (TPSA) is 45.2 Å². The third kappa shape index (κ3) is 6.75. The summed E-state index contributed by atoms with van der Waals surface area (Å²) >= 11 is 0. The van der Waals surface area contributed by atoms with Crippen LogP contribution in [0.2, 0.25) is 0 Å². The average Bonchev–Trinajstić information content (AvgIpc) is 3.27. The van der Waals surface area contributed by atoms with E-state index in [0.29, 0.717) is 11.7 Å². The van der Waals surface area contributed by atoms with Crippen LogP contribution < -0.4 is 14.4 Å². The maximum absolute atomic E-state index is 9.96. The highest BCUT2D eigenvalue weighted by Crippen LogP contribution is 2.43. The van der Waals surface area contributed by atoms with Gasteiger partial charge in [0.25, 0.3) is 0 Å². The lowest BCUT2D eigenvalue weighted by Crippen LogP contribution is -2.27. The van der Waals surface area contributed by atoms with Gasteiger partial charge in [-0.1, -0.05) is 43.2 Å². The largest absolute Gasteiger partial charge is 0.508 e. The number of fused-ring (bicyclic) bond motifs is 1. The van der Waals surface area contributed by atoms with Crippen molar-refractivity contribution in [3.8, 4) is 17.2 Å². The van der Waals surface area contributed by atoms with E-state index in [9.17, 15) is 5.11 Å². The number of hydrogen-bond donors (Lipinski definition) is 1. The zero-order valence-electron chi connectivity index (χ0n) is 24.6. The molecule has 1 saturated heterocycles. The number of methoxy groups -OCH3 is 2. The Bertz CT molecular complexity index is 1250. The van der Waals surface area contributed by atoms with Gasteiger partial charge < -0.3 is 24.4 Å². The van der Waals surface area contributed by atoms with Crippen molar-refractivity contribution in [2.75, 3.05) is 45.3 Å². The van der Waals surface area contributed by atoms with Crippen LogP contribution in [0.25, 0.3) is 0 Å². The predicted octanol–water partition coefficient (Wildman–Crippen LogP) is 7.13. The predicted molar refractivity (Wildman–Crippen MR) is 164 cm³/mol. The van der Waals surface area contributed by atoms with E-state index in [1.165, 1.54) is 78.8 Å². The summed E-state index contributed by atoms with van der Waals surface area (Å²) in [6, 6.07) is 19.5. The third-order valence-corrected chi connectivity index (χ3v) is 8.93. The smallest absolute Gasteiger partial charge is 0.162 e. The average molecular weight is 543 g/mol. The van der Waals surface area contributed by atoms with Crippen molar-refractivity contribution in [2.24, 2.45) is 0 Å². The van der Waals surface area contributed by atoms with Crippen molar-refractivity contribution in [2.45, 2.75) is 70.8 Å². The van der Waals surface area contributed by atoms with E-state index in [1.807, 2.05) is 12.1 Å². The Hall–Kier alpha value is -3.18. The van der Waals surface area contributed by atoms with E-state index in [2.05, 4.69) is 59.2 Å². The molecule has 1 heterocycles. The van der Waals surface area contributed by atoms with Gasteiger partial charge in [-0.15, -0.1) is 0 Å². The highest BCUT2D eigenvalue weighted by Gasteiger charge is 2.26. The molecule has 0 radical (unpaired) electrons. The van der Waals surface area contributed by atoms with Gasteiger partial charge in [0.15, 0.2) is 11.5 Å². The molecule has 0 bridgehead atoms. The number of likely N-dealkylation sites (tertiary alicyclic amines) is 1. The molecule has 0 saturated carbocycles.